The average Bonchev–Trinajstić information content (AvgIpc) is 2.05. The number of rotatable bonds is 6. The molecule has 0 fully saturated rings. The molecule has 0 amide bonds. The van der Waals surface area contributed by atoms with Gasteiger partial charge in [-0.1, -0.05) is 20.8 Å². The maximum Gasteiger partial charge on any atom is 0.327 e. The lowest BCUT2D eigenvalue weighted by Crippen LogP contribution is -2.34. The van der Waals surface area contributed by atoms with Crippen LogP contribution in [0.1, 0.15) is 27.2 Å². The molecule has 0 radical (unpaired) electrons. The van der Waals surface area contributed by atoms with Crippen LogP contribution in [0.25, 0.3) is 0 Å². The lowest BCUT2D eigenvalue weighted by molar-refractivity contribution is -0.194. The summed E-state index contributed by atoms with van der Waals surface area (Å²) in [7, 11) is 0. The van der Waals surface area contributed by atoms with Crippen LogP contribution in [0, 0.1) is 5.92 Å². The smallest absolute Gasteiger partial charge is 0.327 e. The van der Waals surface area contributed by atoms with E-state index in [0.29, 0.717) is 13.1 Å². The van der Waals surface area contributed by atoms with Crippen molar-refractivity contribution in [2.24, 2.45) is 11.7 Å². The minimum absolute atomic E-state index is 0.0860. The zero-order valence-corrected chi connectivity index (χ0v) is 8.75. The summed E-state index contributed by atoms with van der Waals surface area (Å²) in [6, 6.07) is 0. The Morgan fingerprint density at radius 3 is 2.46 bits per heavy atom. The quantitative estimate of drug-likeness (QED) is 0.626. The first kappa shape index (κ1) is 12.4. The largest absolute Gasteiger partial charge is 0.368 e. The van der Waals surface area contributed by atoms with Crippen LogP contribution < -0.4 is 5.73 Å². The van der Waals surface area contributed by atoms with Crippen LogP contribution in [-0.4, -0.2) is 30.7 Å². The van der Waals surface area contributed by atoms with E-state index in [2.05, 4.69) is 0 Å². The van der Waals surface area contributed by atoms with Crippen LogP contribution in [0.5, 0.6) is 0 Å². The highest BCUT2D eigenvalue weighted by Gasteiger charge is 2.13. The van der Waals surface area contributed by atoms with Gasteiger partial charge in [0.15, 0.2) is 0 Å². The molecule has 13 heavy (non-hydrogen) atoms. The van der Waals surface area contributed by atoms with Crippen molar-refractivity contribution in [2.45, 2.75) is 27.2 Å². The molecule has 0 heterocycles. The van der Waals surface area contributed by atoms with Crippen LogP contribution in [0.4, 0.5) is 0 Å². The number of hydrogen-bond donors (Lipinski definition) is 1. The van der Waals surface area contributed by atoms with E-state index in [1.807, 2.05) is 20.8 Å². The van der Waals surface area contributed by atoms with Crippen LogP contribution >= 0.6 is 0 Å². The average molecular weight is 188 g/mol. The zero-order chi connectivity index (χ0) is 10.3. The summed E-state index contributed by atoms with van der Waals surface area (Å²) in [5.41, 5.74) is 5.38. The van der Waals surface area contributed by atoms with Crippen molar-refractivity contribution in [3.63, 3.8) is 0 Å². The molecule has 0 atom stereocenters. The Hall–Kier alpha value is -0.610. The molecule has 0 aliphatic rings. The standard InChI is InChI=1S/C9H20N2O2/c1-4-6-11(7-5-10)13-9(12)8(2)3/h8H,4-7,10H2,1-3H3. The SMILES string of the molecule is CCCN(CCN)OC(=O)C(C)C. The van der Waals surface area contributed by atoms with Crippen molar-refractivity contribution in [3.05, 3.63) is 0 Å². The van der Waals surface area contributed by atoms with E-state index in [0.717, 1.165) is 13.0 Å². The molecule has 0 unspecified atom stereocenters. The van der Waals surface area contributed by atoms with Crippen molar-refractivity contribution in [1.29, 1.82) is 0 Å². The molecule has 2 N–H and O–H groups in total. The fourth-order valence-corrected chi connectivity index (χ4v) is 0.829. The summed E-state index contributed by atoms with van der Waals surface area (Å²) >= 11 is 0. The summed E-state index contributed by atoms with van der Waals surface area (Å²) < 4.78 is 0. The summed E-state index contributed by atoms with van der Waals surface area (Å²) in [5, 5.41) is 1.63. The molecule has 0 aromatic heterocycles. The molecule has 4 heteroatoms. The third-order valence-electron chi connectivity index (χ3n) is 1.54. The topological polar surface area (TPSA) is 55.6 Å². The first-order valence-electron chi connectivity index (χ1n) is 4.78. The number of hydroxylamine groups is 2. The highest BCUT2D eigenvalue weighted by molar-refractivity contribution is 5.71. The molecular formula is C9H20N2O2. The molecule has 0 aromatic rings. The van der Waals surface area contributed by atoms with Crippen LogP contribution in [-0.2, 0) is 9.63 Å². The van der Waals surface area contributed by atoms with E-state index in [1.54, 1.807) is 5.06 Å². The molecule has 0 aliphatic carbocycles. The molecule has 0 rings (SSSR count). The van der Waals surface area contributed by atoms with Gasteiger partial charge in [-0.3, -0.25) is 4.79 Å². The monoisotopic (exact) mass is 188 g/mol. The maximum atomic E-state index is 11.2. The Labute approximate surface area is 80.0 Å². The van der Waals surface area contributed by atoms with Gasteiger partial charge in [0.05, 0.1) is 5.92 Å². The number of carbonyl (C=O) groups excluding carboxylic acids is 1. The van der Waals surface area contributed by atoms with E-state index in [4.69, 9.17) is 10.6 Å². The Bertz CT molecular complexity index is 143. The summed E-state index contributed by atoms with van der Waals surface area (Å²) in [6.45, 7) is 7.52. The van der Waals surface area contributed by atoms with Gasteiger partial charge in [0.1, 0.15) is 0 Å². The van der Waals surface area contributed by atoms with E-state index in [1.165, 1.54) is 0 Å². The van der Waals surface area contributed by atoms with E-state index >= 15 is 0 Å². The van der Waals surface area contributed by atoms with Gasteiger partial charge in [-0.2, -0.15) is 0 Å². The van der Waals surface area contributed by atoms with E-state index < -0.39 is 0 Å². The second kappa shape index (κ2) is 6.86. The summed E-state index contributed by atoms with van der Waals surface area (Å²) in [4.78, 5) is 16.3. The van der Waals surface area contributed by atoms with Gasteiger partial charge in [-0.05, 0) is 6.42 Å². The third kappa shape index (κ3) is 5.60. The zero-order valence-electron chi connectivity index (χ0n) is 8.75. The minimum atomic E-state index is -0.193. The predicted octanol–water partition coefficient (Wildman–Crippen LogP) is 0.771. The lowest BCUT2D eigenvalue weighted by atomic mass is 10.2. The van der Waals surface area contributed by atoms with Crippen molar-refractivity contribution >= 4 is 5.97 Å². The van der Waals surface area contributed by atoms with Gasteiger partial charge in [0, 0.05) is 19.6 Å². The van der Waals surface area contributed by atoms with Crippen LogP contribution in [0.2, 0.25) is 0 Å². The fourth-order valence-electron chi connectivity index (χ4n) is 0.829. The van der Waals surface area contributed by atoms with E-state index in [-0.39, 0.29) is 11.9 Å². The highest BCUT2D eigenvalue weighted by atomic mass is 16.7. The molecule has 0 spiro atoms. The lowest BCUT2D eigenvalue weighted by Gasteiger charge is -2.20. The number of carbonyl (C=O) groups is 1. The van der Waals surface area contributed by atoms with Gasteiger partial charge < -0.3 is 10.6 Å². The third-order valence-corrected chi connectivity index (χ3v) is 1.54. The molecule has 0 aliphatic heterocycles. The normalized spacial score (nSPS) is 10.9. The molecule has 78 valence electrons. The maximum absolute atomic E-state index is 11.2. The second-order valence-electron chi connectivity index (χ2n) is 3.28. The van der Waals surface area contributed by atoms with Gasteiger partial charge in [0.2, 0.25) is 0 Å². The van der Waals surface area contributed by atoms with Crippen molar-refractivity contribution < 1.29 is 9.63 Å². The van der Waals surface area contributed by atoms with Crippen LogP contribution in [0.3, 0.4) is 0 Å². The van der Waals surface area contributed by atoms with Crippen molar-refractivity contribution in [3.8, 4) is 0 Å². The van der Waals surface area contributed by atoms with Gasteiger partial charge in [-0.15, -0.1) is 5.06 Å². The number of hydrogen-bond acceptors (Lipinski definition) is 4. The van der Waals surface area contributed by atoms with Gasteiger partial charge in [-0.25, -0.2) is 0 Å². The Morgan fingerprint density at radius 2 is 2.08 bits per heavy atom. The van der Waals surface area contributed by atoms with E-state index in [9.17, 15) is 4.79 Å². The predicted molar refractivity (Wildman–Crippen MR) is 51.8 cm³/mol. The van der Waals surface area contributed by atoms with Gasteiger partial charge >= 0.3 is 5.97 Å². The number of nitrogens with zero attached hydrogens (tertiary/aromatic N) is 1. The Balaban J connectivity index is 3.86. The minimum Gasteiger partial charge on any atom is -0.368 e. The first-order chi connectivity index (χ1) is 6.11. The summed E-state index contributed by atoms with van der Waals surface area (Å²) in [6.07, 6.45) is 0.950. The molecule has 0 saturated carbocycles. The molecule has 0 saturated heterocycles. The second-order valence-corrected chi connectivity index (χ2v) is 3.28. The fraction of sp³-hybridized carbons (Fsp3) is 0.889. The molecule has 4 nitrogen and oxygen atoms in total. The van der Waals surface area contributed by atoms with Crippen LogP contribution in [0.15, 0.2) is 0 Å². The van der Waals surface area contributed by atoms with Crippen molar-refractivity contribution in [1.82, 2.24) is 5.06 Å². The van der Waals surface area contributed by atoms with Gasteiger partial charge in [0.25, 0.3) is 0 Å². The highest BCUT2D eigenvalue weighted by Crippen LogP contribution is 2.00. The molecule has 0 bridgehead atoms. The Morgan fingerprint density at radius 1 is 1.46 bits per heavy atom. The first-order valence-corrected chi connectivity index (χ1v) is 4.78. The van der Waals surface area contributed by atoms with Crippen molar-refractivity contribution in [2.75, 3.05) is 19.6 Å². The Kier molecular flexibility index (Phi) is 6.54. The molecule has 0 aromatic carbocycles. The number of nitrogens with two attached hydrogens (primary N) is 1. The molecular weight excluding hydrogens is 168 g/mol. The summed E-state index contributed by atoms with van der Waals surface area (Å²) in [5.74, 6) is -0.279.